The van der Waals surface area contributed by atoms with E-state index in [1.807, 2.05) is 0 Å². The van der Waals surface area contributed by atoms with Gasteiger partial charge in [-0.15, -0.1) is 0 Å². The van der Waals surface area contributed by atoms with Crippen LogP contribution in [0.4, 0.5) is 34.1 Å². The zero-order chi connectivity index (χ0) is 65.1. The average Bonchev–Trinajstić information content (AvgIpc) is 1.58. The van der Waals surface area contributed by atoms with Crippen LogP contribution in [0.3, 0.4) is 0 Å². The van der Waals surface area contributed by atoms with Crippen LogP contribution in [0.2, 0.25) is 0 Å². The third-order valence-corrected chi connectivity index (χ3v) is 19.9. The summed E-state index contributed by atoms with van der Waals surface area (Å²) < 4.78 is 18.9. The Morgan fingerprint density at radius 1 is 0.266 bits per heavy atom. The zero-order valence-corrected chi connectivity index (χ0v) is 56.5. The predicted molar refractivity (Wildman–Crippen MR) is 401 cm³/mol. The number of nitrogens with zero attached hydrogens (tertiary/aromatic N) is 4. The number of anilines is 6. The van der Waals surface area contributed by atoms with Gasteiger partial charge in [0.1, 0.15) is 22.3 Å². The van der Waals surface area contributed by atoms with E-state index in [1.54, 1.807) is 0 Å². The maximum Gasteiger partial charge on any atom is 0.137 e. The first-order chi connectivity index (χ1) is 44.9. The Kier molecular flexibility index (Phi) is 13.2. The normalized spacial score (nSPS) is 12.8. The van der Waals surface area contributed by atoms with E-state index < -0.39 is 0 Å². The first kappa shape index (κ1) is 58.8. The Morgan fingerprint density at radius 3 is 0.936 bits per heavy atom. The highest BCUT2D eigenvalue weighted by molar-refractivity contribution is 6.17. The molecule has 4 heterocycles. The molecule has 0 fully saturated rings. The van der Waals surface area contributed by atoms with Gasteiger partial charge in [0.15, 0.2) is 0 Å². The van der Waals surface area contributed by atoms with E-state index >= 15 is 0 Å². The van der Waals surface area contributed by atoms with Crippen molar-refractivity contribution >= 4 is 132 Å². The van der Waals surface area contributed by atoms with E-state index in [-0.39, 0.29) is 21.7 Å². The number of aryl methyl sites for hydroxylation is 2. The monoisotopic (exact) mass is 1220 g/mol. The molecule has 0 saturated heterocycles. The molecule has 464 valence electrons. The Labute approximate surface area is 550 Å². The fourth-order valence-electron chi connectivity index (χ4n) is 14.5. The molecular weight excluding hydrogens is 1140 g/mol. The molecule has 0 aliphatic rings. The average molecular weight is 1230 g/mol. The lowest BCUT2D eigenvalue weighted by molar-refractivity contribution is 0.567. The Morgan fingerprint density at radius 2 is 0.574 bits per heavy atom. The van der Waals surface area contributed by atoms with Crippen LogP contribution in [0, 0.1) is 13.8 Å². The number of aromatic nitrogens is 2. The lowest BCUT2D eigenvalue weighted by Gasteiger charge is -2.28. The van der Waals surface area contributed by atoms with E-state index in [2.05, 4.69) is 346 Å². The van der Waals surface area contributed by atoms with Crippen LogP contribution in [-0.2, 0) is 21.7 Å². The van der Waals surface area contributed by atoms with E-state index in [1.165, 1.54) is 77.3 Å². The Hall–Kier alpha value is -10.3. The number of benzene rings is 12. The standard InChI is InChI=1S/C88H80N4O2/c1-53-23-15-19-27-75(53)89(61-31-35-69-67-25-17-21-29-77(67)91(79(69)49-61)65-45-57(85(3,4)5)43-58(46-65)86(6,7)8)63-33-37-71-73-39-55-42-82-74(40-56(55)41-81(73)93-83(71)51-63)72-38-34-64(52-84(72)94-82)90(76-28-20-16-24-54(76)2)62-32-36-70-68-26-18-22-30-78(68)92(80(70)50-62)66-47-59(87(9,10)11)44-60(48-66)88(12,13)14/h15-52H,1-14H3. The molecule has 94 heavy (non-hydrogen) atoms. The van der Waals surface area contributed by atoms with Gasteiger partial charge in [0.25, 0.3) is 0 Å². The van der Waals surface area contributed by atoms with Crippen molar-refractivity contribution in [3.8, 4) is 11.4 Å². The molecule has 0 aliphatic heterocycles. The molecule has 0 N–H and O–H groups in total. The van der Waals surface area contributed by atoms with E-state index in [9.17, 15) is 0 Å². The predicted octanol–water partition coefficient (Wildman–Crippen LogP) is 25.6. The second-order valence-electron chi connectivity index (χ2n) is 30.5. The summed E-state index contributed by atoms with van der Waals surface area (Å²) in [6.07, 6.45) is 0. The summed E-state index contributed by atoms with van der Waals surface area (Å²) in [4.78, 5) is 4.79. The lowest BCUT2D eigenvalue weighted by atomic mass is 9.80. The SMILES string of the molecule is Cc1ccccc1N(c1ccc2c(c1)oc1cc3cc4c(cc3cc12)oc1cc(N(c2ccc3c5ccccc5n(-c5cc(C(C)(C)C)cc(C(C)(C)C)c5)c3c2)c2ccccc2C)ccc14)c1ccc2c3ccccc3n(-c3cc(C(C)(C)C)cc(C(C)(C)C)c3)c2c1. The van der Waals surface area contributed by atoms with Crippen molar-refractivity contribution in [2.45, 2.75) is 119 Å². The maximum absolute atomic E-state index is 6.99. The minimum Gasteiger partial charge on any atom is -0.456 e. The first-order valence-electron chi connectivity index (χ1n) is 33.3. The largest absolute Gasteiger partial charge is 0.456 e. The summed E-state index contributed by atoms with van der Waals surface area (Å²) in [6, 6.07) is 85.8. The van der Waals surface area contributed by atoms with Crippen LogP contribution in [-0.4, -0.2) is 9.13 Å². The number of para-hydroxylation sites is 4. The third-order valence-electron chi connectivity index (χ3n) is 19.9. The van der Waals surface area contributed by atoms with E-state index in [4.69, 9.17) is 8.83 Å². The zero-order valence-electron chi connectivity index (χ0n) is 56.5. The quantitative estimate of drug-likeness (QED) is 0.152. The summed E-state index contributed by atoms with van der Waals surface area (Å²) in [5.41, 5.74) is 24.3. The molecule has 16 rings (SSSR count). The van der Waals surface area contributed by atoms with Crippen molar-refractivity contribution in [2.75, 3.05) is 9.80 Å². The van der Waals surface area contributed by atoms with Crippen molar-refractivity contribution in [2.24, 2.45) is 0 Å². The summed E-state index contributed by atoms with van der Waals surface area (Å²) in [7, 11) is 0. The van der Waals surface area contributed by atoms with Gasteiger partial charge in [-0.3, -0.25) is 0 Å². The highest BCUT2D eigenvalue weighted by atomic mass is 16.3. The summed E-state index contributed by atoms with van der Waals surface area (Å²) in [5, 5.41) is 11.3. The van der Waals surface area contributed by atoms with Crippen molar-refractivity contribution in [3.63, 3.8) is 0 Å². The Bertz CT molecular complexity index is 5350. The van der Waals surface area contributed by atoms with Gasteiger partial charge in [-0.05, 0) is 201 Å². The lowest BCUT2D eigenvalue weighted by Crippen LogP contribution is -2.17. The fraction of sp³-hybridized carbons (Fsp3) is 0.205. The molecule has 4 aromatic heterocycles. The molecule has 0 radical (unpaired) electrons. The van der Waals surface area contributed by atoms with E-state index in [0.29, 0.717) is 0 Å². The topological polar surface area (TPSA) is 42.6 Å². The van der Waals surface area contributed by atoms with Crippen LogP contribution in [0.5, 0.6) is 0 Å². The van der Waals surface area contributed by atoms with Crippen molar-refractivity contribution in [1.29, 1.82) is 0 Å². The molecule has 0 bridgehead atoms. The van der Waals surface area contributed by atoms with Gasteiger partial charge in [0.05, 0.1) is 22.1 Å². The minimum atomic E-state index is -0.0367. The van der Waals surface area contributed by atoms with Gasteiger partial charge in [-0.2, -0.15) is 0 Å². The third kappa shape index (κ3) is 9.74. The molecular formula is C88H80N4O2. The van der Waals surface area contributed by atoms with Crippen molar-refractivity contribution in [1.82, 2.24) is 9.13 Å². The molecule has 12 aromatic carbocycles. The second kappa shape index (κ2) is 21.1. The fourth-order valence-corrected chi connectivity index (χ4v) is 14.5. The van der Waals surface area contributed by atoms with Gasteiger partial charge < -0.3 is 27.8 Å². The van der Waals surface area contributed by atoms with Crippen LogP contribution in [0.1, 0.15) is 116 Å². The number of hydrogen-bond donors (Lipinski definition) is 0. The molecule has 0 spiro atoms. The Balaban J connectivity index is 0.797. The van der Waals surface area contributed by atoms with Crippen molar-refractivity contribution in [3.05, 3.63) is 264 Å². The van der Waals surface area contributed by atoms with Crippen LogP contribution >= 0.6 is 0 Å². The smallest absolute Gasteiger partial charge is 0.137 e. The first-order valence-corrected chi connectivity index (χ1v) is 33.3. The molecule has 0 atom stereocenters. The molecule has 6 nitrogen and oxygen atoms in total. The summed E-state index contributed by atoms with van der Waals surface area (Å²) in [5.74, 6) is 0. The number of fused-ring (bicyclic) bond motifs is 13. The van der Waals surface area contributed by atoms with E-state index in [0.717, 1.165) is 99.8 Å². The molecule has 0 aliphatic carbocycles. The van der Waals surface area contributed by atoms with Crippen LogP contribution < -0.4 is 9.80 Å². The number of furan rings is 2. The van der Waals surface area contributed by atoms with Gasteiger partial charge in [0, 0.05) is 101 Å². The molecule has 0 unspecified atom stereocenters. The number of rotatable bonds is 8. The van der Waals surface area contributed by atoms with Gasteiger partial charge >= 0.3 is 0 Å². The number of hydrogen-bond acceptors (Lipinski definition) is 4. The molecule has 16 aromatic rings. The molecule has 6 heteroatoms. The van der Waals surface area contributed by atoms with Gasteiger partial charge in [0.2, 0.25) is 0 Å². The summed E-state index contributed by atoms with van der Waals surface area (Å²) >= 11 is 0. The van der Waals surface area contributed by atoms with Crippen LogP contribution in [0.25, 0.3) is 110 Å². The maximum atomic E-state index is 6.99. The van der Waals surface area contributed by atoms with Gasteiger partial charge in [-0.25, -0.2) is 0 Å². The van der Waals surface area contributed by atoms with Crippen LogP contribution in [0.15, 0.2) is 239 Å². The summed E-state index contributed by atoms with van der Waals surface area (Å²) in [6.45, 7) is 32.2. The molecule has 0 amide bonds. The highest BCUT2D eigenvalue weighted by Gasteiger charge is 2.28. The minimum absolute atomic E-state index is 0.0367. The highest BCUT2D eigenvalue weighted by Crippen LogP contribution is 2.47. The molecule has 0 saturated carbocycles. The van der Waals surface area contributed by atoms with Crippen molar-refractivity contribution < 1.29 is 8.83 Å². The second-order valence-corrected chi connectivity index (χ2v) is 30.5. The van der Waals surface area contributed by atoms with Gasteiger partial charge in [-0.1, -0.05) is 180 Å².